The van der Waals surface area contributed by atoms with E-state index in [1.54, 1.807) is 0 Å². The molecule has 3 atom stereocenters. The van der Waals surface area contributed by atoms with E-state index in [4.69, 9.17) is 9.47 Å². The Morgan fingerprint density at radius 1 is 1.09 bits per heavy atom. The molecule has 2 aliphatic rings. The van der Waals surface area contributed by atoms with Gasteiger partial charge in [-0.2, -0.15) is 0 Å². The van der Waals surface area contributed by atoms with Gasteiger partial charge in [0.25, 0.3) is 0 Å². The van der Waals surface area contributed by atoms with Crippen LogP contribution in [0.25, 0.3) is 0 Å². The molecule has 1 aromatic rings. The fourth-order valence-corrected chi connectivity index (χ4v) is 4.42. The lowest BCUT2D eigenvalue weighted by molar-refractivity contribution is -0.171. The summed E-state index contributed by atoms with van der Waals surface area (Å²) in [6.45, 7) is 0. The summed E-state index contributed by atoms with van der Waals surface area (Å²) >= 11 is 0. The van der Waals surface area contributed by atoms with Crippen molar-refractivity contribution in [3.8, 4) is 0 Å². The van der Waals surface area contributed by atoms with Gasteiger partial charge in [0.15, 0.2) is 5.41 Å². The lowest BCUT2D eigenvalue weighted by Gasteiger charge is -2.32. The zero-order chi connectivity index (χ0) is 16.4. The van der Waals surface area contributed by atoms with E-state index >= 15 is 0 Å². The van der Waals surface area contributed by atoms with E-state index in [-0.39, 0.29) is 17.8 Å². The van der Waals surface area contributed by atoms with E-state index in [9.17, 15) is 9.59 Å². The molecule has 0 aliphatic heterocycles. The molecule has 0 aromatic heterocycles. The molecule has 3 rings (SSSR count). The molecule has 0 saturated heterocycles. The SMILES string of the molecule is COC(=O)C1(C(=O)OC)C[C@@H](c2ccccc2)[C@H]2CCC=C[C@H]21. The number of benzene rings is 1. The highest BCUT2D eigenvalue weighted by Crippen LogP contribution is 2.58. The number of carbonyl (C=O) groups is 2. The first kappa shape index (κ1) is 15.8. The molecule has 1 fully saturated rings. The zero-order valence-electron chi connectivity index (χ0n) is 13.5. The number of fused-ring (bicyclic) bond motifs is 1. The van der Waals surface area contributed by atoms with Crippen LogP contribution in [0.2, 0.25) is 0 Å². The monoisotopic (exact) mass is 314 g/mol. The summed E-state index contributed by atoms with van der Waals surface area (Å²) in [6, 6.07) is 10.1. The molecular formula is C19H22O4. The predicted molar refractivity (Wildman–Crippen MR) is 85.6 cm³/mol. The van der Waals surface area contributed by atoms with Gasteiger partial charge in [-0.3, -0.25) is 9.59 Å². The van der Waals surface area contributed by atoms with Gasteiger partial charge in [0.05, 0.1) is 14.2 Å². The van der Waals surface area contributed by atoms with Crippen molar-refractivity contribution in [2.24, 2.45) is 17.3 Å². The Kier molecular flexibility index (Phi) is 4.24. The third kappa shape index (κ3) is 2.37. The molecule has 2 aliphatic carbocycles. The van der Waals surface area contributed by atoms with Crippen LogP contribution in [0.3, 0.4) is 0 Å². The van der Waals surface area contributed by atoms with Crippen LogP contribution in [0.4, 0.5) is 0 Å². The maximum atomic E-state index is 12.6. The van der Waals surface area contributed by atoms with Gasteiger partial charge >= 0.3 is 11.9 Å². The summed E-state index contributed by atoms with van der Waals surface area (Å²) in [4.78, 5) is 25.2. The molecule has 0 unspecified atom stereocenters. The molecule has 23 heavy (non-hydrogen) atoms. The minimum Gasteiger partial charge on any atom is -0.468 e. The van der Waals surface area contributed by atoms with E-state index in [1.807, 2.05) is 24.3 Å². The third-order valence-corrected chi connectivity index (χ3v) is 5.43. The number of hydrogen-bond acceptors (Lipinski definition) is 4. The standard InChI is InChI=1S/C19H22O4/c1-22-17(20)19(18(21)23-2)12-15(13-8-4-3-5-9-13)14-10-6-7-11-16(14)19/h3-5,7-9,11,14-16H,6,10,12H2,1-2H3/t14-,15+,16-/m1/s1. The van der Waals surface area contributed by atoms with Crippen molar-refractivity contribution in [3.63, 3.8) is 0 Å². The Labute approximate surface area is 136 Å². The van der Waals surface area contributed by atoms with Gasteiger partial charge in [-0.25, -0.2) is 0 Å². The molecule has 1 saturated carbocycles. The average Bonchev–Trinajstić information content (AvgIpc) is 2.97. The van der Waals surface area contributed by atoms with Crippen molar-refractivity contribution in [3.05, 3.63) is 48.0 Å². The Hall–Kier alpha value is -2.10. The molecule has 0 radical (unpaired) electrons. The van der Waals surface area contributed by atoms with Gasteiger partial charge in [-0.15, -0.1) is 0 Å². The van der Waals surface area contributed by atoms with E-state index < -0.39 is 17.4 Å². The molecular weight excluding hydrogens is 292 g/mol. The molecule has 4 nitrogen and oxygen atoms in total. The van der Waals surface area contributed by atoms with E-state index in [2.05, 4.69) is 18.2 Å². The quantitative estimate of drug-likeness (QED) is 0.489. The molecule has 0 heterocycles. The average molecular weight is 314 g/mol. The van der Waals surface area contributed by atoms with Gasteiger partial charge < -0.3 is 9.47 Å². The first-order valence-corrected chi connectivity index (χ1v) is 8.03. The number of methoxy groups -OCH3 is 2. The van der Waals surface area contributed by atoms with Crippen molar-refractivity contribution in [2.45, 2.75) is 25.2 Å². The maximum absolute atomic E-state index is 12.6. The normalized spacial score (nSPS) is 28.0. The first-order chi connectivity index (χ1) is 11.1. The molecule has 4 heteroatoms. The first-order valence-electron chi connectivity index (χ1n) is 8.03. The largest absolute Gasteiger partial charge is 0.468 e. The number of ether oxygens (including phenoxy) is 2. The highest BCUT2D eigenvalue weighted by Gasteiger charge is 2.63. The van der Waals surface area contributed by atoms with E-state index in [1.165, 1.54) is 19.8 Å². The van der Waals surface area contributed by atoms with Crippen LogP contribution in [0.1, 0.15) is 30.7 Å². The molecule has 1 aromatic carbocycles. The van der Waals surface area contributed by atoms with Gasteiger partial charge in [0.1, 0.15) is 0 Å². The summed E-state index contributed by atoms with van der Waals surface area (Å²) in [5.74, 6) is -0.722. The predicted octanol–water partition coefficient (Wildman–Crippen LogP) is 3.09. The number of hydrogen-bond donors (Lipinski definition) is 0. The van der Waals surface area contributed by atoms with Crippen LogP contribution in [0, 0.1) is 17.3 Å². The van der Waals surface area contributed by atoms with Crippen molar-refractivity contribution < 1.29 is 19.1 Å². The Bertz CT molecular complexity index is 604. The van der Waals surface area contributed by atoms with Gasteiger partial charge in [0, 0.05) is 5.92 Å². The Morgan fingerprint density at radius 2 is 1.74 bits per heavy atom. The molecule has 0 amide bonds. The third-order valence-electron chi connectivity index (χ3n) is 5.43. The zero-order valence-corrected chi connectivity index (χ0v) is 13.5. The number of rotatable bonds is 3. The van der Waals surface area contributed by atoms with Crippen molar-refractivity contribution in [1.82, 2.24) is 0 Å². The van der Waals surface area contributed by atoms with E-state index in [0.717, 1.165) is 12.8 Å². The second kappa shape index (κ2) is 6.19. The van der Waals surface area contributed by atoms with Crippen LogP contribution in [-0.4, -0.2) is 26.2 Å². The fourth-order valence-electron chi connectivity index (χ4n) is 4.42. The molecule has 0 N–H and O–H groups in total. The highest BCUT2D eigenvalue weighted by atomic mass is 16.5. The summed E-state index contributed by atoms with van der Waals surface area (Å²) < 4.78 is 10.0. The van der Waals surface area contributed by atoms with Gasteiger partial charge in [-0.05, 0) is 36.7 Å². The van der Waals surface area contributed by atoms with Crippen LogP contribution in [0.15, 0.2) is 42.5 Å². The fraction of sp³-hybridized carbons (Fsp3) is 0.474. The van der Waals surface area contributed by atoms with E-state index in [0.29, 0.717) is 6.42 Å². The smallest absolute Gasteiger partial charge is 0.323 e. The second-order valence-corrected chi connectivity index (χ2v) is 6.37. The molecule has 0 spiro atoms. The summed E-state index contributed by atoms with van der Waals surface area (Å²) in [5.41, 5.74) is -0.0570. The number of esters is 2. The van der Waals surface area contributed by atoms with Crippen LogP contribution < -0.4 is 0 Å². The van der Waals surface area contributed by atoms with Gasteiger partial charge in [0.2, 0.25) is 0 Å². The molecule has 122 valence electrons. The maximum Gasteiger partial charge on any atom is 0.323 e. The minimum atomic E-state index is -1.23. The van der Waals surface area contributed by atoms with Crippen molar-refractivity contribution in [1.29, 1.82) is 0 Å². The lowest BCUT2D eigenvalue weighted by Crippen LogP contribution is -2.45. The summed E-state index contributed by atoms with van der Waals surface area (Å²) in [6.07, 6.45) is 6.47. The number of allylic oxidation sites excluding steroid dienone is 2. The van der Waals surface area contributed by atoms with Crippen molar-refractivity contribution >= 4 is 11.9 Å². The molecule has 0 bridgehead atoms. The van der Waals surface area contributed by atoms with Crippen LogP contribution in [0.5, 0.6) is 0 Å². The number of carbonyl (C=O) groups excluding carboxylic acids is 2. The lowest BCUT2D eigenvalue weighted by atomic mass is 9.72. The van der Waals surface area contributed by atoms with Crippen LogP contribution in [-0.2, 0) is 19.1 Å². The Morgan fingerprint density at radius 3 is 2.35 bits per heavy atom. The second-order valence-electron chi connectivity index (χ2n) is 6.37. The van der Waals surface area contributed by atoms with Crippen LogP contribution >= 0.6 is 0 Å². The summed E-state index contributed by atoms with van der Waals surface area (Å²) in [7, 11) is 2.68. The topological polar surface area (TPSA) is 52.6 Å². The summed E-state index contributed by atoms with van der Waals surface area (Å²) in [5, 5.41) is 0. The van der Waals surface area contributed by atoms with Crippen molar-refractivity contribution in [2.75, 3.05) is 14.2 Å². The van der Waals surface area contributed by atoms with Gasteiger partial charge in [-0.1, -0.05) is 42.5 Å². The Balaban J connectivity index is 2.09. The highest BCUT2D eigenvalue weighted by molar-refractivity contribution is 6.01. The minimum absolute atomic E-state index is 0.157.